The summed E-state index contributed by atoms with van der Waals surface area (Å²) in [5.41, 5.74) is 2.10. The summed E-state index contributed by atoms with van der Waals surface area (Å²) in [6.07, 6.45) is 58.2. The van der Waals surface area contributed by atoms with Crippen molar-refractivity contribution in [2.24, 2.45) is 15.0 Å². The molecule has 0 fully saturated rings. The largest absolute Gasteiger partial charge is 0.343 e. The minimum absolute atomic E-state index is 0.0371. The van der Waals surface area contributed by atoms with Crippen LogP contribution in [0.1, 0.15) is 340 Å². The van der Waals surface area contributed by atoms with Gasteiger partial charge in [-0.15, -0.1) is 0 Å². The molecule has 6 heterocycles. The number of nitrogens with zero attached hydrogens (tertiary/aromatic N) is 6. The fourth-order valence-electron chi connectivity index (χ4n) is 15.3. The van der Waals surface area contributed by atoms with Gasteiger partial charge in [-0.3, -0.25) is 0 Å². The van der Waals surface area contributed by atoms with Crippen molar-refractivity contribution < 1.29 is 29.8 Å². The van der Waals surface area contributed by atoms with Gasteiger partial charge in [-0.05, 0) is 85.5 Å². The molecule has 0 spiro atoms. The van der Waals surface area contributed by atoms with Crippen LogP contribution in [0.2, 0.25) is 0 Å². The zero-order valence-corrected chi connectivity index (χ0v) is 62.2. The predicted molar refractivity (Wildman–Crippen MR) is 397 cm³/mol. The number of aliphatic imine (C=N–C) groups is 1. The SMILES string of the molecule is CCCCCCCCCCCCCCCCCCS(=O)(=O)c1ccc2c(c1)C1=Nc3c4ccc(S(=O)(=O)CCCCCCCCCCCCCCCCCC)cc4c4n3C3(Cl)n5c(c6cc(S(=O)(=O)CCCCCCCCCCCCCCCCCC)ccc6c5=N4)=NC2=[N+]13. The lowest BCUT2D eigenvalue weighted by atomic mass is 10.0. The van der Waals surface area contributed by atoms with Crippen LogP contribution >= 0.6 is 11.6 Å². The fraction of sp³-hybridized carbons (Fsp3) is 0.696. The Kier molecular flexibility index (Phi) is 29.9. The minimum atomic E-state index is -3.70. The van der Waals surface area contributed by atoms with Crippen molar-refractivity contribution in [3.63, 3.8) is 0 Å². The van der Waals surface area contributed by atoms with E-state index in [1.807, 2.05) is 31.9 Å². The summed E-state index contributed by atoms with van der Waals surface area (Å²) in [6.45, 7) is 6.80. The molecule has 0 saturated carbocycles. The molecular weight excluding hydrogens is 1260 g/mol. The third-order valence-corrected chi connectivity index (χ3v) is 27.0. The van der Waals surface area contributed by atoms with Crippen LogP contribution in [0.25, 0.3) is 21.5 Å². The van der Waals surface area contributed by atoms with Crippen molar-refractivity contribution in [3.8, 4) is 0 Å². The van der Waals surface area contributed by atoms with E-state index in [1.165, 1.54) is 231 Å². The van der Waals surface area contributed by atoms with E-state index in [9.17, 15) is 25.3 Å². The van der Waals surface area contributed by atoms with Gasteiger partial charge in [-0.25, -0.2) is 39.4 Å². The number of hydrogen-bond donors (Lipinski definition) is 0. The van der Waals surface area contributed by atoms with E-state index in [0.29, 0.717) is 86.2 Å². The number of rotatable bonds is 54. The smallest absolute Gasteiger partial charge is 0.226 e. The lowest BCUT2D eigenvalue weighted by Gasteiger charge is -2.36. The molecule has 0 aliphatic carbocycles. The topological polar surface area (TPSA) is 152 Å². The third-order valence-electron chi connectivity index (χ3n) is 21.1. The second-order valence-electron chi connectivity index (χ2n) is 28.8. The van der Waals surface area contributed by atoms with Crippen molar-refractivity contribution in [2.45, 2.75) is 349 Å². The molecule has 9 rings (SSSR count). The Morgan fingerprint density at radius 1 is 0.326 bits per heavy atom. The quantitative estimate of drug-likeness (QED) is 0.0164. The van der Waals surface area contributed by atoms with E-state index in [1.54, 1.807) is 36.4 Å². The van der Waals surface area contributed by atoms with Gasteiger partial charge in [0.15, 0.2) is 40.8 Å². The van der Waals surface area contributed by atoms with Gasteiger partial charge in [0.1, 0.15) is 0 Å². The average Bonchev–Trinajstić information content (AvgIpc) is 1.50. The van der Waals surface area contributed by atoms with Crippen LogP contribution in [0.15, 0.2) is 84.3 Å². The van der Waals surface area contributed by atoms with Crippen LogP contribution < -0.4 is 11.0 Å². The molecule has 0 bridgehead atoms. The molecule has 12 nitrogen and oxygen atoms in total. The maximum Gasteiger partial charge on any atom is 0.343 e. The Labute approximate surface area is 578 Å². The molecule has 1 atom stereocenters. The summed E-state index contributed by atoms with van der Waals surface area (Å²) < 4.78 is 91.4. The Morgan fingerprint density at radius 3 is 1.01 bits per heavy atom. The molecule has 3 aromatic carbocycles. The molecule has 0 amide bonds. The zero-order chi connectivity index (χ0) is 66.9. The average molecular weight is 1380 g/mol. The number of halogens is 1. The van der Waals surface area contributed by atoms with E-state index in [-0.39, 0.29) is 31.9 Å². The van der Waals surface area contributed by atoms with Gasteiger partial charge in [0, 0.05) is 21.5 Å². The first kappa shape index (κ1) is 75.0. The van der Waals surface area contributed by atoms with Crippen LogP contribution in [-0.4, -0.2) is 67.9 Å². The summed E-state index contributed by atoms with van der Waals surface area (Å²) in [5.74, 6) is 1.86. The third kappa shape index (κ3) is 19.6. The first-order valence-corrected chi connectivity index (χ1v) is 44.2. The van der Waals surface area contributed by atoms with Gasteiger partial charge in [0.2, 0.25) is 11.3 Å². The van der Waals surface area contributed by atoms with E-state index >= 15 is 0 Å². The lowest BCUT2D eigenvalue weighted by Crippen LogP contribution is -2.60. The molecule has 1 unspecified atom stereocenters. The number of benzene rings is 3. The summed E-state index contributed by atoms with van der Waals surface area (Å²) in [6, 6.07) is 15.6. The van der Waals surface area contributed by atoms with Crippen molar-refractivity contribution in [1.29, 1.82) is 0 Å². The molecule has 0 radical (unpaired) electrons. The second kappa shape index (κ2) is 37.9. The molecule has 2 aromatic heterocycles. The molecule has 16 heteroatoms. The molecule has 4 aliphatic heterocycles. The molecule has 0 N–H and O–H groups in total. The van der Waals surface area contributed by atoms with Gasteiger partial charge < -0.3 is 0 Å². The van der Waals surface area contributed by atoms with Gasteiger partial charge in [-0.2, -0.15) is 4.58 Å². The number of unbranched alkanes of at least 4 members (excludes halogenated alkanes) is 45. The van der Waals surface area contributed by atoms with Gasteiger partial charge in [-0.1, -0.05) is 320 Å². The second-order valence-corrected chi connectivity index (χ2v) is 35.7. The van der Waals surface area contributed by atoms with E-state index < -0.39 is 34.8 Å². The van der Waals surface area contributed by atoms with Gasteiger partial charge in [0.05, 0.1) is 43.1 Å². The first-order valence-electron chi connectivity index (χ1n) is 38.9. The predicted octanol–water partition coefficient (Wildman–Crippen LogP) is 21.8. The molecule has 4 aliphatic rings. The molecular formula is C79H120ClN6O6S3+. The number of amidine groups is 2. The van der Waals surface area contributed by atoms with Crippen LogP contribution in [0.4, 0.5) is 11.6 Å². The van der Waals surface area contributed by atoms with Gasteiger partial charge >= 0.3 is 5.25 Å². The van der Waals surface area contributed by atoms with Crippen LogP contribution in [0, 0.1) is 0 Å². The number of sulfone groups is 3. The van der Waals surface area contributed by atoms with Crippen molar-refractivity contribution in [1.82, 2.24) is 9.13 Å². The maximum absolute atomic E-state index is 14.3. The summed E-state index contributed by atoms with van der Waals surface area (Å²) in [4.78, 5) is 16.6. The Balaban J connectivity index is 0.887. The highest BCUT2D eigenvalue weighted by Crippen LogP contribution is 2.51. The summed E-state index contributed by atoms with van der Waals surface area (Å²) in [7, 11) is -11.1. The van der Waals surface area contributed by atoms with Gasteiger partial charge in [0.25, 0.3) is 11.7 Å². The summed E-state index contributed by atoms with van der Waals surface area (Å²) in [5, 5.41) is 0.785. The highest BCUT2D eigenvalue weighted by molar-refractivity contribution is 7.92. The highest BCUT2D eigenvalue weighted by atomic mass is 35.5. The monoisotopic (exact) mass is 1380 g/mol. The van der Waals surface area contributed by atoms with Crippen LogP contribution in [0.3, 0.4) is 0 Å². The van der Waals surface area contributed by atoms with Crippen LogP contribution in [-0.2, 0) is 34.8 Å². The van der Waals surface area contributed by atoms with Crippen molar-refractivity contribution >= 4 is 86.0 Å². The molecule has 0 saturated heterocycles. The lowest BCUT2D eigenvalue weighted by molar-refractivity contribution is -0.520. The van der Waals surface area contributed by atoms with Crippen LogP contribution in [0.5, 0.6) is 0 Å². The van der Waals surface area contributed by atoms with E-state index in [4.69, 9.17) is 26.6 Å². The zero-order valence-electron chi connectivity index (χ0n) is 59.0. The number of alkyl halides is 1. The fourth-order valence-corrected chi connectivity index (χ4v) is 19.9. The van der Waals surface area contributed by atoms with E-state index in [0.717, 1.165) is 57.8 Å². The Hall–Kier alpha value is -4.18. The standard InChI is InChI=1S/C79H120ClN6O6S3/c1-4-7-10-13-16-19-22-25-28-31-34-37-40-43-46-49-58-93(87,88)64-52-55-67-70(61-64)76-81-74-68-56-53-65(94(89,90)59-50-47-44-41-38-35-32-29-26-23-20-17-14-11-8-5-2)62-71(68)78-83-75-69-57-54-66(63-72(69)77-82-73(67)84(76)79(80,85(74)78)86(75)77)95(91,92)60-51-48-45-42-39-36-33-30-27-24-21-18-15-12-9-6-3/h52-57,61-63H,4-51,58-60H2,1-3H3/q+1. The molecule has 95 heavy (non-hydrogen) atoms. The summed E-state index contributed by atoms with van der Waals surface area (Å²) >= 11 is 8.36. The number of hydrogen-bond acceptors (Lipinski definition) is 9. The Morgan fingerprint density at radius 2 is 0.632 bits per heavy atom. The number of fused-ring (bicyclic) bond motifs is 9. The minimum Gasteiger partial charge on any atom is -0.226 e. The highest BCUT2D eigenvalue weighted by Gasteiger charge is 2.59. The van der Waals surface area contributed by atoms with Crippen molar-refractivity contribution in [3.05, 3.63) is 76.7 Å². The first-order chi connectivity index (χ1) is 46.3. The van der Waals surface area contributed by atoms with E-state index in [2.05, 4.69) is 20.8 Å². The maximum atomic E-state index is 14.3. The molecule has 526 valence electrons. The van der Waals surface area contributed by atoms with Crippen molar-refractivity contribution in [2.75, 3.05) is 17.3 Å². The number of aromatic nitrogens is 2. The molecule has 5 aromatic rings. The normalized spacial score (nSPS) is 15.5. The Bertz CT molecular complexity index is 3830.